The van der Waals surface area contributed by atoms with Gasteiger partial charge in [-0.1, -0.05) is 12.1 Å². The number of nitrogens with zero attached hydrogens (tertiary/aromatic N) is 1. The molecule has 2 rings (SSSR count). The molecule has 0 aliphatic rings. The van der Waals surface area contributed by atoms with Crippen molar-refractivity contribution >= 4 is 32.9 Å². The van der Waals surface area contributed by atoms with E-state index in [9.17, 15) is 43.5 Å². The molecular formula is C22H22F6N2O8S2. The van der Waals surface area contributed by atoms with Gasteiger partial charge in [0.25, 0.3) is 0 Å². The van der Waals surface area contributed by atoms with E-state index in [-0.39, 0.29) is 37.6 Å². The second-order valence-electron chi connectivity index (χ2n) is 7.64. The number of oxime groups is 1. The molecule has 0 aliphatic heterocycles. The first-order valence-corrected chi connectivity index (χ1v) is 13.7. The average molecular weight is 621 g/mol. The predicted octanol–water partition coefficient (Wildman–Crippen LogP) is 2.72. The maximum Gasteiger partial charge on any atom is 0.482 e. The van der Waals surface area contributed by atoms with Gasteiger partial charge in [0, 0.05) is 12.0 Å². The molecule has 1 N–H and O–H groups in total. The molecule has 0 saturated carbocycles. The number of rotatable bonds is 14. The van der Waals surface area contributed by atoms with E-state index in [0.717, 1.165) is 24.3 Å². The quantitative estimate of drug-likeness (QED) is 0.112. The summed E-state index contributed by atoms with van der Waals surface area (Å²) in [5, 5.41) is 4.07. The number of nitrogens with one attached hydrogen (secondary N) is 1. The molecule has 1 atom stereocenters. The third-order valence-corrected chi connectivity index (χ3v) is 6.00. The molecular weight excluding hydrogens is 598 g/mol. The monoisotopic (exact) mass is 620 g/mol. The number of hydrogen-bond acceptors (Lipinski definition) is 9. The van der Waals surface area contributed by atoms with E-state index >= 15 is 0 Å². The first-order chi connectivity index (χ1) is 18.6. The molecule has 40 heavy (non-hydrogen) atoms. The van der Waals surface area contributed by atoms with E-state index in [2.05, 4.69) is 13.7 Å². The van der Waals surface area contributed by atoms with E-state index in [0.29, 0.717) is 0 Å². The summed E-state index contributed by atoms with van der Waals surface area (Å²) in [7, 11) is -4.20. The van der Waals surface area contributed by atoms with Gasteiger partial charge in [0.2, 0.25) is 0 Å². The maximum absolute atomic E-state index is 13.4. The number of ether oxygens (including phenoxy) is 2. The van der Waals surface area contributed by atoms with Crippen molar-refractivity contribution in [3.63, 3.8) is 0 Å². The van der Waals surface area contributed by atoms with Crippen molar-refractivity contribution in [2.45, 2.75) is 32.1 Å². The number of alkyl halides is 6. The Morgan fingerprint density at radius 1 is 0.900 bits per heavy atom. The SMILES string of the molecule is CCCS(=O)(=O)O/[NH+]=C(\c1ccc(OCCCOc2ccc(/C(=N/OS(=O)[O-])C(F)(F)F)cc2)cc1)C(F)(F)F. The Labute approximate surface area is 227 Å². The van der Waals surface area contributed by atoms with Crippen molar-refractivity contribution in [2.24, 2.45) is 5.16 Å². The maximum atomic E-state index is 13.4. The summed E-state index contributed by atoms with van der Waals surface area (Å²) >= 11 is -3.28. The highest BCUT2D eigenvalue weighted by molar-refractivity contribution is 7.86. The van der Waals surface area contributed by atoms with Crippen molar-refractivity contribution in [1.82, 2.24) is 0 Å². The minimum absolute atomic E-state index is 0.0649. The second-order valence-corrected chi connectivity index (χ2v) is 9.88. The summed E-state index contributed by atoms with van der Waals surface area (Å²) in [6, 6.07) is 8.97. The molecule has 2 aromatic carbocycles. The Balaban J connectivity index is 1.91. The molecule has 0 aliphatic carbocycles. The summed E-state index contributed by atoms with van der Waals surface area (Å²) in [4.78, 5) is 0. The number of halogens is 6. The average Bonchev–Trinajstić information content (AvgIpc) is 2.84. The largest absolute Gasteiger partial charge is 0.738 e. The van der Waals surface area contributed by atoms with Crippen molar-refractivity contribution in [1.29, 1.82) is 0 Å². The van der Waals surface area contributed by atoms with Gasteiger partial charge in [-0.2, -0.15) is 34.8 Å². The highest BCUT2D eigenvalue weighted by Crippen LogP contribution is 2.25. The Morgan fingerprint density at radius 3 is 1.82 bits per heavy atom. The Morgan fingerprint density at radius 2 is 1.40 bits per heavy atom. The van der Waals surface area contributed by atoms with Crippen LogP contribution in [-0.4, -0.2) is 59.9 Å². The van der Waals surface area contributed by atoms with Crippen LogP contribution in [0.2, 0.25) is 0 Å². The molecule has 0 fully saturated rings. The van der Waals surface area contributed by atoms with Crippen molar-refractivity contribution in [3.8, 4) is 11.5 Å². The molecule has 0 heterocycles. The van der Waals surface area contributed by atoms with Gasteiger partial charge < -0.3 is 18.3 Å². The van der Waals surface area contributed by atoms with Crippen LogP contribution in [0.15, 0.2) is 53.7 Å². The van der Waals surface area contributed by atoms with Crippen LogP contribution in [0.3, 0.4) is 0 Å². The number of benzene rings is 2. The third-order valence-electron chi connectivity index (χ3n) is 4.56. The lowest BCUT2D eigenvalue weighted by Crippen LogP contribution is -2.76. The van der Waals surface area contributed by atoms with Crippen LogP contribution in [0.5, 0.6) is 11.5 Å². The zero-order chi connectivity index (χ0) is 30.0. The molecule has 0 spiro atoms. The highest BCUT2D eigenvalue weighted by Gasteiger charge is 2.44. The fraction of sp³-hybridized carbons (Fsp3) is 0.364. The Kier molecular flexibility index (Phi) is 11.7. The standard InChI is InChI=1S/C22H22F6N2O8S2/c1-2-14-40(33,34)38-30-20(22(26,27)28)16-6-10-18(11-7-16)36-13-3-12-35-17-8-4-15(5-9-17)19(21(23,24)25)29-37-39(31)32/h4-11H,2-3,12-14H2,1H3,(H,31,32)/b29-19-,30-20+. The molecule has 222 valence electrons. The van der Waals surface area contributed by atoms with Gasteiger partial charge in [0.05, 0.1) is 24.5 Å². The lowest BCUT2D eigenvalue weighted by atomic mass is 10.1. The van der Waals surface area contributed by atoms with Crippen molar-refractivity contribution in [2.75, 3.05) is 19.0 Å². The molecule has 18 heteroatoms. The van der Waals surface area contributed by atoms with Crippen LogP contribution in [-0.2, 0) is 30.0 Å². The van der Waals surface area contributed by atoms with Gasteiger partial charge >= 0.3 is 28.2 Å². The molecule has 0 aromatic heterocycles. The summed E-state index contributed by atoms with van der Waals surface area (Å²) in [6.45, 7) is 1.65. The zero-order valence-electron chi connectivity index (χ0n) is 20.5. The highest BCUT2D eigenvalue weighted by atomic mass is 32.2. The van der Waals surface area contributed by atoms with Crippen molar-refractivity contribution in [3.05, 3.63) is 59.7 Å². The molecule has 0 amide bonds. The van der Waals surface area contributed by atoms with Gasteiger partial charge in [-0.05, 0) is 60.1 Å². The second kappa shape index (κ2) is 14.3. The normalized spacial score (nSPS) is 14.0. The van der Waals surface area contributed by atoms with E-state index in [1.54, 1.807) is 0 Å². The lowest BCUT2D eigenvalue weighted by Gasteiger charge is -2.12. The van der Waals surface area contributed by atoms with Crippen LogP contribution in [0, 0.1) is 0 Å². The Hall–Kier alpha value is -3.38. The first kappa shape index (κ1) is 32.8. The smallest absolute Gasteiger partial charge is 0.482 e. The molecule has 0 radical (unpaired) electrons. The minimum Gasteiger partial charge on any atom is -0.738 e. The fourth-order valence-corrected chi connectivity index (χ4v) is 3.81. The molecule has 1 unspecified atom stereocenters. The van der Waals surface area contributed by atoms with Crippen molar-refractivity contribution < 1.29 is 66.7 Å². The van der Waals surface area contributed by atoms with Gasteiger partial charge in [0.15, 0.2) is 17.1 Å². The van der Waals surface area contributed by atoms with Gasteiger partial charge in [-0.15, -0.1) is 4.28 Å². The summed E-state index contributed by atoms with van der Waals surface area (Å²) < 4.78 is 142. The fourth-order valence-electron chi connectivity index (χ4n) is 2.88. The molecule has 0 bridgehead atoms. The van der Waals surface area contributed by atoms with Crippen LogP contribution in [0.4, 0.5) is 26.3 Å². The van der Waals surface area contributed by atoms with Gasteiger partial charge in [-0.3, -0.25) is 0 Å². The van der Waals surface area contributed by atoms with E-state index in [4.69, 9.17) is 9.47 Å². The number of hydrogen-bond donors (Lipinski definition) is 1. The molecule has 0 saturated heterocycles. The van der Waals surface area contributed by atoms with Crippen LogP contribution < -0.4 is 14.6 Å². The van der Waals surface area contributed by atoms with Crippen LogP contribution in [0.1, 0.15) is 30.9 Å². The van der Waals surface area contributed by atoms with E-state index in [1.807, 2.05) is 0 Å². The molecule has 10 nitrogen and oxygen atoms in total. The Bertz CT molecular complexity index is 1300. The van der Waals surface area contributed by atoms with E-state index in [1.165, 1.54) is 36.3 Å². The van der Waals surface area contributed by atoms with E-state index < -0.39 is 62.1 Å². The first-order valence-electron chi connectivity index (χ1n) is 11.1. The van der Waals surface area contributed by atoms with Gasteiger partial charge in [-0.25, -0.2) is 4.21 Å². The summed E-state index contributed by atoms with van der Waals surface area (Å²) in [5.74, 6) is -0.0766. The third kappa shape index (κ3) is 11.0. The topological polar surface area (TPSA) is 138 Å². The lowest BCUT2D eigenvalue weighted by molar-refractivity contribution is -0.707. The predicted molar refractivity (Wildman–Crippen MR) is 127 cm³/mol. The summed E-state index contributed by atoms with van der Waals surface area (Å²) in [6.07, 6.45) is -9.49. The zero-order valence-corrected chi connectivity index (χ0v) is 22.1. The van der Waals surface area contributed by atoms with Crippen LogP contribution in [0.25, 0.3) is 0 Å². The summed E-state index contributed by atoms with van der Waals surface area (Å²) in [5.41, 5.74) is -3.84. The van der Waals surface area contributed by atoms with Crippen LogP contribution >= 0.6 is 0 Å². The molecule has 2 aromatic rings. The minimum atomic E-state index is -4.98. The van der Waals surface area contributed by atoms with Gasteiger partial charge in [0.1, 0.15) is 11.5 Å².